The first-order valence-corrected chi connectivity index (χ1v) is 4.76. The van der Waals surface area contributed by atoms with Gasteiger partial charge >= 0.3 is 6.18 Å². The maximum Gasteiger partial charge on any atom is 0.389 e. The van der Waals surface area contributed by atoms with E-state index < -0.39 is 12.6 Å². The van der Waals surface area contributed by atoms with Crippen molar-refractivity contribution in [3.63, 3.8) is 0 Å². The summed E-state index contributed by atoms with van der Waals surface area (Å²) in [5.41, 5.74) is 0.976. The summed E-state index contributed by atoms with van der Waals surface area (Å²) in [6, 6.07) is 9.38. The van der Waals surface area contributed by atoms with Gasteiger partial charge in [0.05, 0.1) is 6.61 Å². The van der Waals surface area contributed by atoms with Gasteiger partial charge in [-0.25, -0.2) is 0 Å². The summed E-state index contributed by atoms with van der Waals surface area (Å²) >= 11 is 0. The number of hydrogen-bond acceptors (Lipinski definition) is 1. The SMILES string of the molecule is FC(F)(F)CCCOCc1ccccc1. The fraction of sp³-hybridized carbons (Fsp3) is 0.455. The second-order valence-electron chi connectivity index (χ2n) is 3.26. The van der Waals surface area contributed by atoms with Gasteiger partial charge in [0, 0.05) is 13.0 Å². The van der Waals surface area contributed by atoms with Crippen molar-refractivity contribution in [2.45, 2.75) is 25.6 Å². The summed E-state index contributed by atoms with van der Waals surface area (Å²) in [5.74, 6) is 0. The Kier molecular flexibility index (Phi) is 4.62. The van der Waals surface area contributed by atoms with Gasteiger partial charge in [-0.2, -0.15) is 13.2 Å². The maximum absolute atomic E-state index is 11.8. The topological polar surface area (TPSA) is 9.23 Å². The van der Waals surface area contributed by atoms with Crippen molar-refractivity contribution in [2.24, 2.45) is 0 Å². The minimum atomic E-state index is -4.07. The summed E-state index contributed by atoms with van der Waals surface area (Å²) in [4.78, 5) is 0. The van der Waals surface area contributed by atoms with Crippen LogP contribution in [0.2, 0.25) is 0 Å². The van der Waals surface area contributed by atoms with E-state index in [1.807, 2.05) is 30.3 Å². The quantitative estimate of drug-likeness (QED) is 0.687. The van der Waals surface area contributed by atoms with E-state index in [0.717, 1.165) is 5.56 Å². The van der Waals surface area contributed by atoms with Crippen molar-refractivity contribution in [2.75, 3.05) is 6.61 Å². The van der Waals surface area contributed by atoms with Crippen LogP contribution in [0.25, 0.3) is 0 Å². The van der Waals surface area contributed by atoms with E-state index in [0.29, 0.717) is 6.61 Å². The molecule has 0 saturated carbocycles. The van der Waals surface area contributed by atoms with E-state index in [1.54, 1.807) is 0 Å². The molecule has 84 valence electrons. The first-order valence-electron chi connectivity index (χ1n) is 4.76. The van der Waals surface area contributed by atoms with E-state index in [1.165, 1.54) is 0 Å². The van der Waals surface area contributed by atoms with Gasteiger partial charge in [-0.05, 0) is 12.0 Å². The Labute approximate surface area is 86.9 Å². The van der Waals surface area contributed by atoms with Gasteiger partial charge in [-0.1, -0.05) is 30.3 Å². The van der Waals surface area contributed by atoms with Crippen molar-refractivity contribution < 1.29 is 17.9 Å². The molecule has 0 radical (unpaired) electrons. The van der Waals surface area contributed by atoms with Gasteiger partial charge in [0.2, 0.25) is 0 Å². The molecule has 1 aromatic rings. The monoisotopic (exact) mass is 218 g/mol. The zero-order chi connectivity index (χ0) is 11.1. The van der Waals surface area contributed by atoms with Crippen LogP contribution in [0, 0.1) is 0 Å². The molecule has 0 spiro atoms. The largest absolute Gasteiger partial charge is 0.389 e. The van der Waals surface area contributed by atoms with Crippen LogP contribution in [0.3, 0.4) is 0 Å². The maximum atomic E-state index is 11.8. The molecule has 0 fully saturated rings. The zero-order valence-electron chi connectivity index (χ0n) is 8.26. The first kappa shape index (κ1) is 12.0. The van der Waals surface area contributed by atoms with Gasteiger partial charge in [-0.3, -0.25) is 0 Å². The van der Waals surface area contributed by atoms with Gasteiger partial charge in [0.1, 0.15) is 0 Å². The molecule has 15 heavy (non-hydrogen) atoms. The highest BCUT2D eigenvalue weighted by Gasteiger charge is 2.25. The highest BCUT2D eigenvalue weighted by molar-refractivity contribution is 5.13. The lowest BCUT2D eigenvalue weighted by Gasteiger charge is -2.06. The Morgan fingerprint density at radius 1 is 1.07 bits per heavy atom. The van der Waals surface area contributed by atoms with Gasteiger partial charge in [0.25, 0.3) is 0 Å². The Morgan fingerprint density at radius 3 is 2.33 bits per heavy atom. The number of hydrogen-bond donors (Lipinski definition) is 0. The Morgan fingerprint density at radius 2 is 1.73 bits per heavy atom. The van der Waals surface area contributed by atoms with Crippen LogP contribution in [0.4, 0.5) is 13.2 Å². The molecule has 0 aliphatic rings. The van der Waals surface area contributed by atoms with E-state index in [4.69, 9.17) is 4.74 Å². The number of halogens is 3. The molecule has 4 heteroatoms. The Balaban J connectivity index is 2.08. The van der Waals surface area contributed by atoms with Crippen LogP contribution >= 0.6 is 0 Å². The zero-order valence-corrected chi connectivity index (χ0v) is 8.26. The van der Waals surface area contributed by atoms with Crippen LogP contribution in [-0.2, 0) is 11.3 Å². The molecule has 1 rings (SSSR count). The third-order valence-electron chi connectivity index (χ3n) is 1.86. The molecule has 0 unspecified atom stereocenters. The second kappa shape index (κ2) is 5.75. The summed E-state index contributed by atoms with van der Waals surface area (Å²) in [5, 5.41) is 0. The lowest BCUT2D eigenvalue weighted by Crippen LogP contribution is -2.08. The molecular weight excluding hydrogens is 205 g/mol. The highest BCUT2D eigenvalue weighted by atomic mass is 19.4. The molecule has 0 heterocycles. The average molecular weight is 218 g/mol. The summed E-state index contributed by atoms with van der Waals surface area (Å²) in [6.45, 7) is 0.521. The van der Waals surface area contributed by atoms with Gasteiger partial charge in [0.15, 0.2) is 0 Å². The van der Waals surface area contributed by atoms with E-state index in [-0.39, 0.29) is 13.0 Å². The third-order valence-corrected chi connectivity index (χ3v) is 1.86. The predicted molar refractivity (Wildman–Crippen MR) is 51.4 cm³/mol. The first-order chi connectivity index (χ1) is 7.08. The van der Waals surface area contributed by atoms with Crippen molar-refractivity contribution in [1.82, 2.24) is 0 Å². The fourth-order valence-corrected chi connectivity index (χ4v) is 1.14. The minimum absolute atomic E-state index is 0.0241. The third kappa shape index (κ3) is 6.12. The molecule has 0 bridgehead atoms. The number of benzene rings is 1. The molecule has 1 nitrogen and oxygen atoms in total. The molecule has 0 aliphatic heterocycles. The number of ether oxygens (including phenoxy) is 1. The van der Waals surface area contributed by atoms with Crippen molar-refractivity contribution in [1.29, 1.82) is 0 Å². The van der Waals surface area contributed by atoms with E-state index >= 15 is 0 Å². The standard InChI is InChI=1S/C11H13F3O/c12-11(13,14)7-4-8-15-9-10-5-2-1-3-6-10/h1-3,5-6H,4,7-9H2. The number of rotatable bonds is 5. The smallest absolute Gasteiger partial charge is 0.377 e. The Bertz CT molecular complexity index is 269. The molecule has 0 amide bonds. The predicted octanol–water partition coefficient (Wildman–Crippen LogP) is 3.55. The van der Waals surface area contributed by atoms with E-state index in [2.05, 4.69) is 0 Å². The van der Waals surface area contributed by atoms with Crippen LogP contribution in [0.5, 0.6) is 0 Å². The van der Waals surface area contributed by atoms with Crippen LogP contribution in [0.15, 0.2) is 30.3 Å². The lowest BCUT2D eigenvalue weighted by molar-refractivity contribution is -0.138. The molecule has 0 aliphatic carbocycles. The van der Waals surface area contributed by atoms with Gasteiger partial charge in [-0.15, -0.1) is 0 Å². The summed E-state index contributed by atoms with van der Waals surface area (Å²) in [7, 11) is 0. The van der Waals surface area contributed by atoms with Crippen LogP contribution in [-0.4, -0.2) is 12.8 Å². The molecule has 1 aromatic carbocycles. The van der Waals surface area contributed by atoms with Crippen molar-refractivity contribution in [3.05, 3.63) is 35.9 Å². The van der Waals surface area contributed by atoms with Crippen molar-refractivity contribution >= 4 is 0 Å². The molecule has 0 saturated heterocycles. The van der Waals surface area contributed by atoms with Gasteiger partial charge < -0.3 is 4.74 Å². The lowest BCUT2D eigenvalue weighted by atomic mass is 10.2. The normalized spacial score (nSPS) is 11.7. The minimum Gasteiger partial charge on any atom is -0.377 e. The van der Waals surface area contributed by atoms with E-state index in [9.17, 15) is 13.2 Å². The van der Waals surface area contributed by atoms with Crippen LogP contribution < -0.4 is 0 Å². The molecule has 0 atom stereocenters. The molecule has 0 N–H and O–H groups in total. The average Bonchev–Trinajstić information content (AvgIpc) is 2.17. The van der Waals surface area contributed by atoms with Crippen molar-refractivity contribution in [3.8, 4) is 0 Å². The fourth-order valence-electron chi connectivity index (χ4n) is 1.14. The summed E-state index contributed by atoms with van der Waals surface area (Å²) in [6.07, 6.45) is -4.83. The number of alkyl halides is 3. The molecular formula is C11H13F3O. The van der Waals surface area contributed by atoms with Crippen LogP contribution in [0.1, 0.15) is 18.4 Å². The molecule has 0 aromatic heterocycles. The summed E-state index contributed by atoms with van der Waals surface area (Å²) < 4.78 is 40.4. The highest BCUT2D eigenvalue weighted by Crippen LogP contribution is 2.21. The Hall–Kier alpha value is -1.03. The second-order valence-corrected chi connectivity index (χ2v) is 3.26.